The van der Waals surface area contributed by atoms with Gasteiger partial charge in [-0.05, 0) is 63.9 Å². The molecule has 0 unspecified atom stereocenters. The van der Waals surface area contributed by atoms with E-state index >= 15 is 0 Å². The molecule has 3 saturated heterocycles. The van der Waals surface area contributed by atoms with Gasteiger partial charge in [0.15, 0.2) is 5.76 Å². The predicted molar refractivity (Wildman–Crippen MR) is 90.9 cm³/mol. The molecule has 3 aliphatic rings. The molecule has 1 N–H and O–H groups in total. The summed E-state index contributed by atoms with van der Waals surface area (Å²) in [6, 6.07) is 7.36. The smallest absolute Gasteiger partial charge is 0.287 e. The fraction of sp³-hybridized carbons (Fsp3) is 0.500. The van der Waals surface area contributed by atoms with Crippen molar-refractivity contribution >= 4 is 28.5 Å². The van der Waals surface area contributed by atoms with Gasteiger partial charge in [0.1, 0.15) is 5.58 Å². The lowest BCUT2D eigenvalue weighted by Gasteiger charge is -2.56. The molecule has 0 aliphatic carbocycles. The molecule has 23 heavy (non-hydrogen) atoms. The maximum Gasteiger partial charge on any atom is 0.287 e. The van der Waals surface area contributed by atoms with Gasteiger partial charge >= 0.3 is 0 Å². The summed E-state index contributed by atoms with van der Waals surface area (Å²) >= 11 is 5.98. The Labute approximate surface area is 140 Å². The topological polar surface area (TPSA) is 45.5 Å². The first-order valence-electron chi connectivity index (χ1n) is 8.20. The maximum absolute atomic E-state index is 12.7. The van der Waals surface area contributed by atoms with Crippen LogP contribution in [0.2, 0.25) is 5.02 Å². The number of carbonyl (C=O) groups is 1. The third-order valence-electron chi connectivity index (χ3n) is 5.58. The van der Waals surface area contributed by atoms with Crippen molar-refractivity contribution in [3.05, 3.63) is 35.0 Å². The van der Waals surface area contributed by atoms with Gasteiger partial charge in [0, 0.05) is 28.1 Å². The number of furan rings is 1. The van der Waals surface area contributed by atoms with Crippen LogP contribution < -0.4 is 5.32 Å². The first kappa shape index (κ1) is 15.0. The molecule has 5 rings (SSSR count). The Morgan fingerprint density at radius 3 is 2.74 bits per heavy atom. The zero-order valence-corrected chi connectivity index (χ0v) is 14.2. The van der Waals surface area contributed by atoms with E-state index in [1.54, 1.807) is 18.2 Å². The number of piperidine rings is 3. The highest BCUT2D eigenvalue weighted by molar-refractivity contribution is 6.31. The van der Waals surface area contributed by atoms with Crippen molar-refractivity contribution in [2.75, 3.05) is 13.1 Å². The number of halogens is 1. The van der Waals surface area contributed by atoms with Crippen molar-refractivity contribution in [3.63, 3.8) is 0 Å². The van der Waals surface area contributed by atoms with Crippen LogP contribution in [-0.4, -0.2) is 35.5 Å². The predicted octanol–water partition coefficient (Wildman–Crippen LogP) is 3.69. The minimum absolute atomic E-state index is 0.00779. The average molecular weight is 333 g/mol. The van der Waals surface area contributed by atoms with E-state index in [0.717, 1.165) is 31.3 Å². The summed E-state index contributed by atoms with van der Waals surface area (Å²) in [6.45, 7) is 6.71. The third-order valence-corrected chi connectivity index (χ3v) is 5.81. The fourth-order valence-electron chi connectivity index (χ4n) is 4.21. The van der Waals surface area contributed by atoms with Crippen LogP contribution in [0.15, 0.2) is 28.7 Å². The van der Waals surface area contributed by atoms with Gasteiger partial charge in [0.05, 0.1) is 0 Å². The summed E-state index contributed by atoms with van der Waals surface area (Å²) in [5, 5.41) is 4.73. The van der Waals surface area contributed by atoms with Gasteiger partial charge in [-0.25, -0.2) is 0 Å². The third kappa shape index (κ3) is 2.45. The number of amides is 1. The van der Waals surface area contributed by atoms with Crippen molar-refractivity contribution in [2.24, 2.45) is 5.92 Å². The molecular formula is C18H21ClN2O2. The Bertz CT molecular complexity index is 759. The second-order valence-corrected chi connectivity index (χ2v) is 7.66. The van der Waals surface area contributed by atoms with Gasteiger partial charge in [0.2, 0.25) is 0 Å². The molecule has 0 spiro atoms. The molecule has 2 aromatic rings. The molecule has 0 radical (unpaired) electrons. The number of hydrogen-bond acceptors (Lipinski definition) is 3. The van der Waals surface area contributed by atoms with Crippen LogP contribution in [0.3, 0.4) is 0 Å². The summed E-state index contributed by atoms with van der Waals surface area (Å²) in [5.74, 6) is 0.774. The van der Waals surface area contributed by atoms with Crippen molar-refractivity contribution in [1.29, 1.82) is 0 Å². The van der Waals surface area contributed by atoms with Crippen molar-refractivity contribution < 1.29 is 9.21 Å². The molecule has 4 heterocycles. The molecular weight excluding hydrogens is 312 g/mol. The van der Waals surface area contributed by atoms with Crippen LogP contribution >= 0.6 is 11.6 Å². The van der Waals surface area contributed by atoms with Crippen LogP contribution in [0.25, 0.3) is 11.0 Å². The van der Waals surface area contributed by atoms with E-state index < -0.39 is 0 Å². The van der Waals surface area contributed by atoms with E-state index in [0.29, 0.717) is 22.3 Å². The molecule has 3 fully saturated rings. The number of nitrogens with zero attached hydrogens (tertiary/aromatic N) is 1. The Hall–Kier alpha value is -1.52. The van der Waals surface area contributed by atoms with Gasteiger partial charge < -0.3 is 9.73 Å². The molecule has 1 amide bonds. The largest absolute Gasteiger partial charge is 0.451 e. The second-order valence-electron chi connectivity index (χ2n) is 7.22. The number of benzene rings is 1. The molecule has 1 aromatic carbocycles. The lowest BCUT2D eigenvalue weighted by atomic mass is 9.72. The van der Waals surface area contributed by atoms with Crippen LogP contribution in [0, 0.1) is 5.92 Å². The van der Waals surface area contributed by atoms with Crippen LogP contribution in [0.1, 0.15) is 37.2 Å². The fourth-order valence-corrected chi connectivity index (χ4v) is 4.37. The monoisotopic (exact) mass is 332 g/mol. The molecule has 1 aromatic heterocycles. The molecule has 0 saturated carbocycles. The molecule has 122 valence electrons. The zero-order chi connectivity index (χ0) is 16.2. The van der Waals surface area contributed by atoms with E-state index in [9.17, 15) is 4.79 Å². The van der Waals surface area contributed by atoms with E-state index in [-0.39, 0.29) is 17.5 Å². The van der Waals surface area contributed by atoms with E-state index in [1.165, 1.54) is 0 Å². The Balaban J connectivity index is 1.59. The van der Waals surface area contributed by atoms with Crippen molar-refractivity contribution in [1.82, 2.24) is 10.2 Å². The normalized spacial score (nSPS) is 28.9. The number of nitrogens with one attached hydrogen (secondary N) is 1. The second kappa shape index (κ2) is 5.25. The SMILES string of the molecule is CC1(C)[C@@H](NC(=O)c2cc3ccc(Cl)cc3o2)C2CCN1CC2. The standard InChI is InChI=1S/C18H21ClN2O2/c1-18(2)16(11-5-7-21(18)8-6-11)20-17(22)15-9-12-3-4-13(19)10-14(12)23-15/h3-4,9-11,16H,5-8H2,1-2H3,(H,20,22)/t16-/m0/s1. The highest BCUT2D eigenvalue weighted by Gasteiger charge is 2.48. The Morgan fingerprint density at radius 2 is 2.04 bits per heavy atom. The minimum Gasteiger partial charge on any atom is -0.451 e. The quantitative estimate of drug-likeness (QED) is 0.912. The van der Waals surface area contributed by atoms with Gasteiger partial charge in [-0.3, -0.25) is 9.69 Å². The highest BCUT2D eigenvalue weighted by atomic mass is 35.5. The summed E-state index contributed by atoms with van der Waals surface area (Å²) < 4.78 is 5.69. The van der Waals surface area contributed by atoms with Crippen molar-refractivity contribution in [3.8, 4) is 0 Å². The summed E-state index contributed by atoms with van der Waals surface area (Å²) in [4.78, 5) is 15.2. The molecule has 3 aliphatic heterocycles. The summed E-state index contributed by atoms with van der Waals surface area (Å²) in [7, 11) is 0. The van der Waals surface area contributed by atoms with E-state index in [4.69, 9.17) is 16.0 Å². The van der Waals surface area contributed by atoms with E-state index in [1.807, 2.05) is 6.07 Å². The van der Waals surface area contributed by atoms with Crippen LogP contribution in [0.4, 0.5) is 0 Å². The minimum atomic E-state index is -0.135. The number of carbonyl (C=O) groups excluding carboxylic acids is 1. The van der Waals surface area contributed by atoms with Crippen LogP contribution in [0.5, 0.6) is 0 Å². The van der Waals surface area contributed by atoms with Gasteiger partial charge in [-0.15, -0.1) is 0 Å². The molecule has 1 atom stereocenters. The lowest BCUT2D eigenvalue weighted by molar-refractivity contribution is -0.0380. The molecule has 2 bridgehead atoms. The van der Waals surface area contributed by atoms with Gasteiger partial charge in [0.25, 0.3) is 5.91 Å². The Kier molecular flexibility index (Phi) is 3.43. The summed E-state index contributed by atoms with van der Waals surface area (Å²) in [6.07, 6.45) is 2.31. The first-order chi connectivity index (χ1) is 10.9. The summed E-state index contributed by atoms with van der Waals surface area (Å²) in [5.41, 5.74) is 0.641. The Morgan fingerprint density at radius 1 is 1.30 bits per heavy atom. The highest BCUT2D eigenvalue weighted by Crippen LogP contribution is 2.39. The van der Waals surface area contributed by atoms with Gasteiger partial charge in [-0.2, -0.15) is 0 Å². The average Bonchev–Trinajstić information content (AvgIpc) is 2.94. The first-order valence-corrected chi connectivity index (χ1v) is 8.58. The van der Waals surface area contributed by atoms with Gasteiger partial charge in [-0.1, -0.05) is 11.6 Å². The van der Waals surface area contributed by atoms with E-state index in [2.05, 4.69) is 24.1 Å². The molecule has 5 heteroatoms. The van der Waals surface area contributed by atoms with Crippen LogP contribution in [-0.2, 0) is 0 Å². The number of fused-ring (bicyclic) bond motifs is 4. The lowest BCUT2D eigenvalue weighted by Crippen LogP contribution is -2.69. The zero-order valence-electron chi connectivity index (χ0n) is 13.4. The number of hydrogen-bond donors (Lipinski definition) is 1. The number of rotatable bonds is 2. The maximum atomic E-state index is 12.7. The van der Waals surface area contributed by atoms with Crippen molar-refractivity contribution in [2.45, 2.75) is 38.3 Å². The molecule has 4 nitrogen and oxygen atoms in total.